The van der Waals surface area contributed by atoms with Crippen LogP contribution in [0.15, 0.2) is 121 Å². The second-order valence-electron chi connectivity index (χ2n) is 29.1. The van der Waals surface area contributed by atoms with E-state index >= 15 is 0 Å². The Morgan fingerprint density at radius 3 is 0.976 bits per heavy atom. The molecule has 0 fully saturated rings. The molecule has 0 amide bonds. The summed E-state index contributed by atoms with van der Waals surface area (Å²) in [4.78, 5) is 0. The van der Waals surface area contributed by atoms with Crippen molar-refractivity contribution in [1.29, 1.82) is 0 Å². The van der Waals surface area contributed by atoms with Gasteiger partial charge in [0.15, 0.2) is 0 Å². The lowest BCUT2D eigenvalue weighted by Crippen LogP contribution is -2.58. The van der Waals surface area contributed by atoms with Gasteiger partial charge in [0.2, 0.25) is 0 Å². The summed E-state index contributed by atoms with van der Waals surface area (Å²) in [7, 11) is 0. The highest BCUT2D eigenvalue weighted by Crippen LogP contribution is 2.55. The molecule has 4 heteroatoms. The first kappa shape index (κ1) is 53.0. The van der Waals surface area contributed by atoms with Crippen molar-refractivity contribution in [3.8, 4) is 67.5 Å². The van der Waals surface area contributed by atoms with Crippen molar-refractivity contribution < 1.29 is 9.47 Å². The molecule has 0 aliphatic carbocycles. The van der Waals surface area contributed by atoms with E-state index in [0.717, 1.165) is 23.0 Å². The van der Waals surface area contributed by atoms with Gasteiger partial charge in [-0.05, 0) is 226 Å². The number of hydrogen-bond acceptors (Lipinski definition) is 2. The fraction of sp³-hybridized carbons (Fsp3) is 0.333. The maximum atomic E-state index is 7.24. The lowest BCUT2D eigenvalue weighted by molar-refractivity contribution is 0.483. The highest BCUT2D eigenvalue weighted by atomic mass is 16.5. The highest BCUT2D eigenvalue weighted by Gasteiger charge is 2.45. The molecule has 4 aliphatic heterocycles. The van der Waals surface area contributed by atoms with E-state index in [1.165, 1.54) is 154 Å². The average Bonchev–Trinajstić information content (AvgIpc) is 2.63. The predicted octanol–water partition coefficient (Wildman–Crippen LogP) is 18.5. The van der Waals surface area contributed by atoms with Gasteiger partial charge >= 0.3 is 0 Å². The first-order valence-electron chi connectivity index (χ1n) is 31.0. The van der Waals surface area contributed by atoms with Crippen LogP contribution in [0.2, 0.25) is 0 Å². The average molecular weight is 1070 g/mol. The van der Waals surface area contributed by atoms with Gasteiger partial charge in [-0.1, -0.05) is 220 Å². The van der Waals surface area contributed by atoms with Crippen molar-refractivity contribution in [2.45, 2.75) is 171 Å². The number of rotatable bonds is 8. The fourth-order valence-electron chi connectivity index (χ4n) is 15.2. The molecule has 0 bridgehead atoms. The maximum absolute atomic E-state index is 7.24. The standard InChI is InChI=1S/C78H80B2O2/c1-39(2)45-27-49(41(5)6)69(50(28-45)42(7)8)53-35-55-59-31-47(77(13,14)15)33-67-75(59)80(62-24-20-22-26-66(62)81-67)64-38-58-54(70-51(43(9)10)29-46(40(3)4)30-52(70)44(11)12)36-56-60-32-48(78(16,17)18)34-68-76(60)79(61-23-19-21-25-65(61)82-68)63-37-57(53)73(71(55)64)74(58)72(56)63/h19-44H,1-18H3. The summed E-state index contributed by atoms with van der Waals surface area (Å²) >= 11 is 0. The summed E-state index contributed by atoms with van der Waals surface area (Å²) in [6, 6.07) is 48.8. The topological polar surface area (TPSA) is 18.5 Å². The van der Waals surface area contributed by atoms with Gasteiger partial charge in [-0.15, -0.1) is 0 Å². The zero-order chi connectivity index (χ0) is 57.7. The van der Waals surface area contributed by atoms with E-state index in [0.29, 0.717) is 11.8 Å². The van der Waals surface area contributed by atoms with Crippen LogP contribution >= 0.6 is 0 Å². The zero-order valence-electron chi connectivity index (χ0n) is 52.0. The van der Waals surface area contributed by atoms with Crippen molar-refractivity contribution in [3.05, 3.63) is 166 Å². The van der Waals surface area contributed by atoms with E-state index in [1.807, 2.05) is 0 Å². The van der Waals surface area contributed by atoms with Crippen LogP contribution < -0.4 is 42.3 Å². The number of benzene rings is 10. The minimum Gasteiger partial charge on any atom is -0.458 e. The molecule has 4 heterocycles. The molecule has 0 atom stereocenters. The summed E-state index contributed by atoms with van der Waals surface area (Å²) < 4.78 is 14.5. The quantitative estimate of drug-likeness (QED) is 0.112. The number of fused-ring (bicyclic) bond motifs is 8. The van der Waals surface area contributed by atoms with Crippen LogP contribution in [0.3, 0.4) is 0 Å². The highest BCUT2D eigenvalue weighted by molar-refractivity contribution is 7.01. The molecule has 0 N–H and O–H groups in total. The largest absolute Gasteiger partial charge is 0.458 e. The molecule has 0 saturated heterocycles. The van der Waals surface area contributed by atoms with E-state index in [-0.39, 0.29) is 47.9 Å². The summed E-state index contributed by atoms with van der Waals surface area (Å²) in [5.41, 5.74) is 29.4. The lowest BCUT2D eigenvalue weighted by Gasteiger charge is -2.39. The van der Waals surface area contributed by atoms with Gasteiger partial charge in [-0.25, -0.2) is 0 Å². The molecule has 82 heavy (non-hydrogen) atoms. The van der Waals surface area contributed by atoms with E-state index in [1.54, 1.807) is 0 Å². The predicted molar refractivity (Wildman–Crippen MR) is 356 cm³/mol. The Morgan fingerprint density at radius 2 is 0.659 bits per heavy atom. The van der Waals surface area contributed by atoms with Gasteiger partial charge in [0, 0.05) is 0 Å². The molecular weight excluding hydrogens is 990 g/mol. The van der Waals surface area contributed by atoms with Crippen LogP contribution in [0.4, 0.5) is 0 Å². The molecule has 0 aromatic heterocycles. The monoisotopic (exact) mass is 1070 g/mol. The van der Waals surface area contributed by atoms with Crippen LogP contribution in [-0.4, -0.2) is 13.4 Å². The van der Waals surface area contributed by atoms with E-state index < -0.39 is 0 Å². The van der Waals surface area contributed by atoms with Crippen LogP contribution in [0.25, 0.3) is 76.8 Å². The summed E-state index contributed by atoms with van der Waals surface area (Å²) in [5.74, 6) is 5.79. The van der Waals surface area contributed by atoms with Gasteiger partial charge in [0.25, 0.3) is 13.4 Å². The molecule has 4 aliphatic rings. The second kappa shape index (κ2) is 18.2. The van der Waals surface area contributed by atoms with Crippen LogP contribution in [0.5, 0.6) is 23.0 Å². The van der Waals surface area contributed by atoms with Crippen molar-refractivity contribution in [3.63, 3.8) is 0 Å². The zero-order valence-corrected chi connectivity index (χ0v) is 52.0. The van der Waals surface area contributed by atoms with E-state index in [2.05, 4.69) is 246 Å². The SMILES string of the molecule is CC(C)c1cc(C(C)C)c(-c2cc3c4c(cc5c(-c6c(C(C)C)cc(C(C)C)cc6C(C)C)cc6c7c(cc2c4c57)B2c4ccccc4Oc4cc(C(C)(C)C)cc-6c42)B2c4ccccc4Oc4cc(C(C)(C)C)cc-3c42)c(C(C)C)c1. The maximum Gasteiger partial charge on any atom is 0.252 e. The number of para-hydroxylation sites is 2. The Labute approximate surface area is 489 Å². The van der Waals surface area contributed by atoms with Crippen LogP contribution in [0.1, 0.15) is 205 Å². The molecule has 410 valence electrons. The van der Waals surface area contributed by atoms with Crippen LogP contribution in [-0.2, 0) is 10.8 Å². The summed E-state index contributed by atoms with van der Waals surface area (Å²) in [6.45, 7) is 42.8. The van der Waals surface area contributed by atoms with E-state index in [9.17, 15) is 0 Å². The summed E-state index contributed by atoms with van der Waals surface area (Å²) in [6.07, 6.45) is 0. The second-order valence-corrected chi connectivity index (χ2v) is 29.1. The third-order valence-electron chi connectivity index (χ3n) is 19.7. The normalized spacial score (nSPS) is 14.0. The summed E-state index contributed by atoms with van der Waals surface area (Å²) in [5, 5.41) is 8.24. The third kappa shape index (κ3) is 7.60. The van der Waals surface area contributed by atoms with Crippen molar-refractivity contribution in [2.75, 3.05) is 0 Å². The first-order valence-corrected chi connectivity index (χ1v) is 31.0. The Morgan fingerprint density at radius 1 is 0.317 bits per heavy atom. The minimum atomic E-state index is -0.127. The first-order chi connectivity index (χ1) is 38.9. The molecule has 0 spiro atoms. The smallest absolute Gasteiger partial charge is 0.252 e. The fourth-order valence-corrected chi connectivity index (χ4v) is 15.2. The van der Waals surface area contributed by atoms with Gasteiger partial charge in [-0.3, -0.25) is 0 Å². The number of hydrogen-bond donors (Lipinski definition) is 0. The Balaban J connectivity index is 1.30. The van der Waals surface area contributed by atoms with Gasteiger partial charge in [0.1, 0.15) is 23.0 Å². The third-order valence-corrected chi connectivity index (χ3v) is 19.7. The molecule has 10 aromatic rings. The molecule has 14 rings (SSSR count). The number of ether oxygens (including phenoxy) is 2. The van der Waals surface area contributed by atoms with Crippen molar-refractivity contribution in [1.82, 2.24) is 0 Å². The molecule has 0 unspecified atom stereocenters. The van der Waals surface area contributed by atoms with Crippen molar-refractivity contribution >= 4 is 78.5 Å². The molecule has 0 saturated carbocycles. The Kier molecular flexibility index (Phi) is 11.8. The minimum absolute atomic E-state index is 0.0472. The van der Waals surface area contributed by atoms with Gasteiger partial charge in [0.05, 0.1) is 0 Å². The molecule has 2 nitrogen and oxygen atoms in total. The van der Waals surface area contributed by atoms with Gasteiger partial charge in [-0.2, -0.15) is 0 Å². The Bertz CT molecular complexity index is 4040. The van der Waals surface area contributed by atoms with Crippen molar-refractivity contribution in [2.24, 2.45) is 0 Å². The molecular formula is C78H80B2O2. The van der Waals surface area contributed by atoms with E-state index in [4.69, 9.17) is 9.47 Å². The van der Waals surface area contributed by atoms with Gasteiger partial charge < -0.3 is 9.47 Å². The Hall–Kier alpha value is -7.03. The molecule has 10 aromatic carbocycles. The lowest BCUT2D eigenvalue weighted by atomic mass is 9.31. The van der Waals surface area contributed by atoms with Crippen LogP contribution in [0, 0.1) is 0 Å². The molecule has 0 radical (unpaired) electrons.